The molecule has 0 amide bonds. The Morgan fingerprint density at radius 1 is 0.243 bits per heavy atom. The lowest BCUT2D eigenvalue weighted by Crippen LogP contribution is -2.30. The van der Waals surface area contributed by atoms with Crippen molar-refractivity contribution in [3.05, 3.63) is 0 Å². The van der Waals surface area contributed by atoms with Crippen LogP contribution in [0, 0.1) is 11.8 Å². The van der Waals surface area contributed by atoms with E-state index in [0.29, 0.717) is 25.7 Å². The molecule has 0 aliphatic carbocycles. The fourth-order valence-electron chi connectivity index (χ4n) is 14.5. The van der Waals surface area contributed by atoms with Crippen LogP contribution >= 0.6 is 15.6 Å². The fraction of sp³-hybridized carbons (Fsp3) is 0.957. The smallest absolute Gasteiger partial charge is 0.462 e. The maximum absolute atomic E-state index is 13.2. The molecule has 0 aromatic carbocycles. The Balaban J connectivity index is 5.23. The average Bonchev–Trinajstić information content (AvgIpc) is 0.902. The molecule has 0 heterocycles. The second kappa shape index (κ2) is 83.1. The van der Waals surface area contributed by atoms with Crippen LogP contribution in [0.5, 0.6) is 0 Å². The van der Waals surface area contributed by atoms with Crippen molar-refractivity contribution >= 4 is 39.5 Å². The van der Waals surface area contributed by atoms with Crippen molar-refractivity contribution in [2.75, 3.05) is 39.6 Å². The van der Waals surface area contributed by atoms with Crippen LogP contribution in [0.15, 0.2) is 0 Å². The molecule has 0 aliphatic heterocycles. The number of ether oxygens (including phenoxy) is 4. The molecule has 0 saturated heterocycles. The predicted molar refractivity (Wildman–Crippen MR) is 460 cm³/mol. The molecule has 660 valence electrons. The minimum atomic E-state index is -4.97. The Labute approximate surface area is 683 Å². The van der Waals surface area contributed by atoms with Gasteiger partial charge in [-0.1, -0.05) is 446 Å². The number of esters is 4. The van der Waals surface area contributed by atoms with Gasteiger partial charge in [0.25, 0.3) is 0 Å². The van der Waals surface area contributed by atoms with Crippen molar-refractivity contribution < 1.29 is 80.2 Å². The van der Waals surface area contributed by atoms with Crippen LogP contribution < -0.4 is 0 Å². The van der Waals surface area contributed by atoms with Gasteiger partial charge >= 0.3 is 39.5 Å². The molecule has 0 saturated carbocycles. The Kier molecular flexibility index (Phi) is 81.7. The lowest BCUT2D eigenvalue weighted by atomic mass is 10.0. The normalized spacial score (nSPS) is 13.7. The van der Waals surface area contributed by atoms with E-state index in [-0.39, 0.29) is 25.7 Å². The number of hydrogen-bond acceptors (Lipinski definition) is 15. The highest BCUT2D eigenvalue weighted by Crippen LogP contribution is 2.45. The second-order valence-corrected chi connectivity index (χ2v) is 36.9. The molecule has 2 unspecified atom stereocenters. The van der Waals surface area contributed by atoms with Gasteiger partial charge in [-0.25, -0.2) is 9.13 Å². The van der Waals surface area contributed by atoms with Crippen LogP contribution in [0.4, 0.5) is 0 Å². The molecule has 5 atom stereocenters. The van der Waals surface area contributed by atoms with Gasteiger partial charge in [0, 0.05) is 25.7 Å². The quantitative estimate of drug-likeness (QED) is 0.0222. The fourth-order valence-corrected chi connectivity index (χ4v) is 16.1. The highest BCUT2D eigenvalue weighted by Gasteiger charge is 2.31. The van der Waals surface area contributed by atoms with Gasteiger partial charge < -0.3 is 33.8 Å². The molecular formula is C92H180O17P2. The van der Waals surface area contributed by atoms with E-state index in [4.69, 9.17) is 37.0 Å². The highest BCUT2D eigenvalue weighted by atomic mass is 31.2. The summed E-state index contributed by atoms with van der Waals surface area (Å²) in [5, 5.41) is 10.7. The van der Waals surface area contributed by atoms with Crippen LogP contribution in [-0.2, 0) is 65.4 Å². The molecule has 0 spiro atoms. The van der Waals surface area contributed by atoms with Crippen LogP contribution in [0.25, 0.3) is 0 Å². The highest BCUT2D eigenvalue weighted by molar-refractivity contribution is 7.47. The third kappa shape index (κ3) is 85.8. The van der Waals surface area contributed by atoms with Gasteiger partial charge in [-0.15, -0.1) is 0 Å². The molecule has 17 nitrogen and oxygen atoms in total. The average molecular weight is 1620 g/mol. The minimum Gasteiger partial charge on any atom is -0.462 e. The molecular weight excluding hydrogens is 1440 g/mol. The van der Waals surface area contributed by atoms with Crippen molar-refractivity contribution in [3.8, 4) is 0 Å². The van der Waals surface area contributed by atoms with Crippen LogP contribution in [0.1, 0.15) is 497 Å². The number of carbonyl (C=O) groups excluding carboxylic acids is 4. The first-order chi connectivity index (χ1) is 53.9. The zero-order valence-electron chi connectivity index (χ0n) is 73.3. The number of aliphatic hydroxyl groups is 1. The summed E-state index contributed by atoms with van der Waals surface area (Å²) in [6, 6.07) is 0. The Bertz CT molecular complexity index is 2120. The second-order valence-electron chi connectivity index (χ2n) is 34.0. The van der Waals surface area contributed by atoms with Crippen LogP contribution in [-0.4, -0.2) is 96.7 Å². The number of hydrogen-bond donors (Lipinski definition) is 3. The third-order valence-electron chi connectivity index (χ3n) is 21.7. The molecule has 0 aromatic heterocycles. The van der Waals surface area contributed by atoms with Crippen molar-refractivity contribution in [2.24, 2.45) is 11.8 Å². The van der Waals surface area contributed by atoms with Gasteiger partial charge in [-0.05, 0) is 37.5 Å². The molecule has 0 radical (unpaired) electrons. The van der Waals surface area contributed by atoms with E-state index in [1.807, 2.05) is 0 Å². The molecule has 0 bridgehead atoms. The van der Waals surface area contributed by atoms with E-state index in [0.717, 1.165) is 102 Å². The maximum atomic E-state index is 13.2. The Morgan fingerprint density at radius 2 is 0.414 bits per heavy atom. The molecule has 0 fully saturated rings. The Hall–Kier alpha value is -1.94. The standard InChI is InChI=1S/C92H180O17P2/c1-7-9-11-13-15-17-19-21-23-25-27-29-33-37-41-45-49-56-62-68-74-89(94)102-80-87(108-91(96)76-70-65-59-51-47-43-39-35-31-30-32-36-40-44-48-54-60-66-72-84(3)4)82-106-110(98,99)104-78-86(93)79-105-111(100,101)107-83-88(81-103-90(95)75-69-63-57-53-52-55-61-67-73-85(5)6)109-92(97)77-71-64-58-50-46-42-38-34-28-26-24-22-20-18-16-14-12-10-8-2/h84-88,93H,7-83H2,1-6H3,(H,98,99)(H,100,101)/t86-,87-,88-/m1/s1. The largest absolute Gasteiger partial charge is 0.472 e. The summed E-state index contributed by atoms with van der Waals surface area (Å²) in [6.07, 6.45) is 78.0. The summed E-state index contributed by atoms with van der Waals surface area (Å²) < 4.78 is 69.1. The van der Waals surface area contributed by atoms with E-state index in [9.17, 15) is 43.2 Å². The monoisotopic (exact) mass is 1620 g/mol. The van der Waals surface area contributed by atoms with Gasteiger partial charge in [-0.2, -0.15) is 0 Å². The maximum Gasteiger partial charge on any atom is 0.472 e. The van der Waals surface area contributed by atoms with Gasteiger partial charge in [0.05, 0.1) is 26.4 Å². The molecule has 0 rings (SSSR count). The lowest BCUT2D eigenvalue weighted by Gasteiger charge is -2.21. The van der Waals surface area contributed by atoms with Crippen molar-refractivity contribution in [3.63, 3.8) is 0 Å². The summed E-state index contributed by atoms with van der Waals surface area (Å²) in [5.74, 6) is -0.549. The predicted octanol–water partition coefficient (Wildman–Crippen LogP) is 28.6. The Morgan fingerprint density at radius 3 is 0.613 bits per heavy atom. The zero-order valence-corrected chi connectivity index (χ0v) is 75.1. The summed E-state index contributed by atoms with van der Waals surface area (Å²) >= 11 is 0. The number of phosphoric acid groups is 2. The molecule has 0 aromatic rings. The number of carbonyl (C=O) groups is 4. The number of phosphoric ester groups is 2. The van der Waals surface area contributed by atoms with Crippen molar-refractivity contribution in [1.29, 1.82) is 0 Å². The van der Waals surface area contributed by atoms with E-state index in [2.05, 4.69) is 41.5 Å². The summed E-state index contributed by atoms with van der Waals surface area (Å²) in [4.78, 5) is 73.4. The third-order valence-corrected chi connectivity index (χ3v) is 23.6. The SMILES string of the molecule is CCCCCCCCCCCCCCCCCCCCCCC(=O)OC[C@H](COP(=O)(O)OC[C@@H](O)COP(=O)(O)OC[C@@H](COC(=O)CCCCCCCCCCC(C)C)OC(=O)CCCCCCCCCCCCCCCCCCCCC)OC(=O)CCCCCCCCCCCCCCCCCCCCC(C)C. The number of rotatable bonds is 91. The van der Waals surface area contributed by atoms with E-state index >= 15 is 0 Å². The summed E-state index contributed by atoms with van der Waals surface area (Å²) in [6.45, 7) is 9.71. The topological polar surface area (TPSA) is 237 Å². The van der Waals surface area contributed by atoms with E-state index in [1.54, 1.807) is 0 Å². The first-order valence-corrected chi connectivity index (χ1v) is 50.5. The zero-order chi connectivity index (χ0) is 81.3. The van der Waals surface area contributed by atoms with E-state index in [1.165, 1.54) is 315 Å². The van der Waals surface area contributed by atoms with E-state index < -0.39 is 97.5 Å². The molecule has 0 aliphatic rings. The van der Waals surface area contributed by atoms with Gasteiger partial charge in [0.2, 0.25) is 0 Å². The summed E-state index contributed by atoms with van der Waals surface area (Å²) in [7, 11) is -9.94. The first-order valence-electron chi connectivity index (χ1n) is 47.5. The van der Waals surface area contributed by atoms with Crippen LogP contribution in [0.2, 0.25) is 0 Å². The number of unbranched alkanes of at least 4 members (excludes halogenated alkanes) is 61. The van der Waals surface area contributed by atoms with Crippen molar-refractivity contribution in [1.82, 2.24) is 0 Å². The van der Waals surface area contributed by atoms with Gasteiger partial charge in [0.1, 0.15) is 19.3 Å². The van der Waals surface area contributed by atoms with Crippen LogP contribution in [0.3, 0.4) is 0 Å². The summed E-state index contributed by atoms with van der Waals surface area (Å²) in [5.41, 5.74) is 0. The molecule has 3 N–H and O–H groups in total. The number of aliphatic hydroxyl groups excluding tert-OH is 1. The minimum absolute atomic E-state index is 0.109. The van der Waals surface area contributed by atoms with Crippen molar-refractivity contribution in [2.45, 2.75) is 516 Å². The lowest BCUT2D eigenvalue weighted by molar-refractivity contribution is -0.161. The first kappa shape index (κ1) is 109. The van der Waals surface area contributed by atoms with Gasteiger partial charge in [-0.3, -0.25) is 37.3 Å². The molecule has 19 heteroatoms. The molecule has 111 heavy (non-hydrogen) atoms. The van der Waals surface area contributed by atoms with Gasteiger partial charge in [0.15, 0.2) is 12.2 Å².